The molecule has 0 unspecified atom stereocenters. The van der Waals surface area contributed by atoms with Crippen molar-refractivity contribution in [1.29, 1.82) is 0 Å². The van der Waals surface area contributed by atoms with Crippen LogP contribution in [0.1, 0.15) is 19.8 Å². The molecule has 0 radical (unpaired) electrons. The lowest BCUT2D eigenvalue weighted by molar-refractivity contribution is -0.274. The first-order chi connectivity index (χ1) is 12.6. The lowest BCUT2D eigenvalue weighted by Crippen LogP contribution is -2.49. The third-order valence-corrected chi connectivity index (χ3v) is 6.12. The van der Waals surface area contributed by atoms with E-state index >= 15 is 0 Å². The molecule has 27 heavy (non-hydrogen) atoms. The molecule has 7 nitrogen and oxygen atoms in total. The van der Waals surface area contributed by atoms with Gasteiger partial charge in [-0.2, -0.15) is 4.31 Å². The largest absolute Gasteiger partial charge is 0.573 e. The van der Waals surface area contributed by atoms with Gasteiger partial charge in [-0.3, -0.25) is 4.79 Å². The van der Waals surface area contributed by atoms with Gasteiger partial charge in [-0.1, -0.05) is 0 Å². The second-order valence-electron chi connectivity index (χ2n) is 5.94. The molecule has 2 rings (SSSR count). The average molecular weight is 411 g/mol. The number of sulfonamides is 1. The topological polar surface area (TPSA) is 93.1 Å². The summed E-state index contributed by atoms with van der Waals surface area (Å²) in [5.41, 5.74) is 0. The number of halogens is 3. The van der Waals surface area contributed by atoms with E-state index in [1.165, 1.54) is 0 Å². The Hall–Kier alpha value is -1.85. The molecule has 0 aromatic heterocycles. The summed E-state index contributed by atoms with van der Waals surface area (Å²) in [6.07, 6.45) is -4.55. The van der Waals surface area contributed by atoms with Crippen molar-refractivity contribution in [3.63, 3.8) is 0 Å². The van der Waals surface area contributed by atoms with Gasteiger partial charge in [0, 0.05) is 12.6 Å². The maximum absolute atomic E-state index is 12.8. The number of hydrogen-bond donors (Lipinski definition) is 1. The summed E-state index contributed by atoms with van der Waals surface area (Å²) < 4.78 is 71.9. The van der Waals surface area contributed by atoms with Gasteiger partial charge < -0.3 is 14.6 Å². The second-order valence-corrected chi connectivity index (χ2v) is 7.84. The van der Waals surface area contributed by atoms with Gasteiger partial charge in [0.25, 0.3) is 0 Å². The Bertz CT molecular complexity index is 750. The van der Waals surface area contributed by atoms with E-state index in [9.17, 15) is 31.5 Å². The van der Waals surface area contributed by atoms with E-state index < -0.39 is 46.7 Å². The molecule has 0 bridgehead atoms. The predicted molar refractivity (Wildman–Crippen MR) is 87.2 cm³/mol. The van der Waals surface area contributed by atoms with E-state index in [1.807, 2.05) is 0 Å². The van der Waals surface area contributed by atoms with Gasteiger partial charge >= 0.3 is 12.3 Å². The highest BCUT2D eigenvalue weighted by molar-refractivity contribution is 7.89. The van der Waals surface area contributed by atoms with Crippen LogP contribution < -0.4 is 4.74 Å². The molecule has 1 aliphatic rings. The molecule has 0 spiro atoms. The molecule has 1 aliphatic heterocycles. The first kappa shape index (κ1) is 21.5. The number of piperidine rings is 1. The van der Waals surface area contributed by atoms with E-state index in [4.69, 9.17) is 4.74 Å². The van der Waals surface area contributed by atoms with Gasteiger partial charge in [0.1, 0.15) is 5.75 Å². The Morgan fingerprint density at radius 3 is 2.44 bits per heavy atom. The van der Waals surface area contributed by atoms with Crippen LogP contribution in [-0.4, -0.2) is 56.0 Å². The van der Waals surface area contributed by atoms with Crippen LogP contribution in [0.25, 0.3) is 0 Å². The minimum absolute atomic E-state index is 0.0160. The number of aliphatic hydroxyl groups excluding tert-OH is 1. The van der Waals surface area contributed by atoms with Crippen LogP contribution in [0.15, 0.2) is 29.2 Å². The van der Waals surface area contributed by atoms with Crippen molar-refractivity contribution in [2.75, 3.05) is 19.8 Å². The smallest absolute Gasteiger partial charge is 0.466 e. The quantitative estimate of drug-likeness (QED) is 0.719. The third-order valence-electron chi connectivity index (χ3n) is 4.16. The predicted octanol–water partition coefficient (Wildman–Crippen LogP) is 1.91. The number of carbonyl (C=O) groups is 1. The molecule has 1 aromatic rings. The Morgan fingerprint density at radius 1 is 1.30 bits per heavy atom. The molecule has 0 amide bonds. The second kappa shape index (κ2) is 8.44. The number of alkyl halides is 3. The van der Waals surface area contributed by atoms with Crippen molar-refractivity contribution < 1.29 is 41.0 Å². The minimum Gasteiger partial charge on any atom is -0.466 e. The molecule has 1 saturated heterocycles. The van der Waals surface area contributed by atoms with Crippen LogP contribution in [0.5, 0.6) is 5.75 Å². The first-order valence-corrected chi connectivity index (χ1v) is 9.67. The minimum atomic E-state index is -4.88. The Kier molecular flexibility index (Phi) is 6.71. The van der Waals surface area contributed by atoms with Gasteiger partial charge in [-0.25, -0.2) is 8.42 Å². The molecule has 152 valence electrons. The summed E-state index contributed by atoms with van der Waals surface area (Å²) >= 11 is 0. The van der Waals surface area contributed by atoms with E-state index in [2.05, 4.69) is 4.74 Å². The molecule has 1 heterocycles. The fourth-order valence-corrected chi connectivity index (χ4v) is 4.58. The molecule has 2 atom stereocenters. The highest BCUT2D eigenvalue weighted by atomic mass is 32.2. The number of nitrogens with zero attached hydrogens (tertiary/aromatic N) is 1. The zero-order chi connectivity index (χ0) is 20.2. The Labute approximate surface area is 154 Å². The molecule has 0 saturated carbocycles. The zero-order valence-corrected chi connectivity index (χ0v) is 15.3. The number of ether oxygens (including phenoxy) is 2. The fourth-order valence-electron chi connectivity index (χ4n) is 2.93. The maximum Gasteiger partial charge on any atom is 0.573 e. The molecular weight excluding hydrogens is 391 g/mol. The molecule has 1 N–H and O–H groups in total. The van der Waals surface area contributed by atoms with Crippen molar-refractivity contribution in [2.24, 2.45) is 5.92 Å². The highest BCUT2D eigenvalue weighted by Gasteiger charge is 2.39. The summed E-state index contributed by atoms with van der Waals surface area (Å²) in [6, 6.07) is 2.98. The van der Waals surface area contributed by atoms with Gasteiger partial charge in [0.2, 0.25) is 10.0 Å². The van der Waals surface area contributed by atoms with E-state index in [-0.39, 0.29) is 30.9 Å². The Morgan fingerprint density at radius 2 is 1.93 bits per heavy atom. The Balaban J connectivity index is 2.17. The summed E-state index contributed by atoms with van der Waals surface area (Å²) in [7, 11) is -4.06. The number of esters is 1. The lowest BCUT2D eigenvalue weighted by atomic mass is 9.93. The number of benzene rings is 1. The molecule has 1 aromatic carbocycles. The average Bonchev–Trinajstić information content (AvgIpc) is 2.60. The van der Waals surface area contributed by atoms with E-state index in [1.54, 1.807) is 6.92 Å². The van der Waals surface area contributed by atoms with Crippen LogP contribution in [0.3, 0.4) is 0 Å². The van der Waals surface area contributed by atoms with Crippen molar-refractivity contribution in [2.45, 2.75) is 37.1 Å². The summed E-state index contributed by atoms with van der Waals surface area (Å²) in [5.74, 6) is -1.50. The molecule has 0 aliphatic carbocycles. The number of rotatable bonds is 6. The van der Waals surface area contributed by atoms with Crippen molar-refractivity contribution in [1.82, 2.24) is 4.31 Å². The van der Waals surface area contributed by atoms with Crippen molar-refractivity contribution >= 4 is 16.0 Å². The lowest BCUT2D eigenvalue weighted by Gasteiger charge is -2.36. The van der Waals surface area contributed by atoms with Crippen molar-refractivity contribution in [3.05, 3.63) is 24.3 Å². The van der Waals surface area contributed by atoms with Crippen LogP contribution >= 0.6 is 0 Å². The first-order valence-electron chi connectivity index (χ1n) is 8.23. The number of hydrogen-bond acceptors (Lipinski definition) is 6. The third kappa shape index (κ3) is 5.33. The number of aliphatic hydroxyl groups is 1. The molecular formula is C16H20F3NO6S. The van der Waals surface area contributed by atoms with Crippen molar-refractivity contribution in [3.8, 4) is 5.75 Å². The summed E-state index contributed by atoms with van der Waals surface area (Å²) in [4.78, 5) is 11.6. The van der Waals surface area contributed by atoms with Crippen LogP contribution in [0.4, 0.5) is 13.2 Å². The van der Waals surface area contributed by atoms with Gasteiger partial charge in [-0.15, -0.1) is 13.2 Å². The zero-order valence-electron chi connectivity index (χ0n) is 14.5. The SMILES string of the molecule is CCOC(=O)[C@@H]1CCN(S(=O)(=O)c2ccc(OC(F)(F)F)cc2)[C@@H](CO)C1. The van der Waals surface area contributed by atoms with Gasteiger partial charge in [0.15, 0.2) is 0 Å². The molecule has 11 heteroatoms. The standard InChI is InChI=1S/C16H20F3NO6S/c1-2-25-15(22)11-7-8-20(12(9-11)10-21)27(23,24)14-5-3-13(4-6-14)26-16(17,18)19/h3-6,11-12,21H,2,7-10H2,1H3/t11-,12-/m1/s1. The van der Waals surface area contributed by atoms with Crippen LogP contribution in [0, 0.1) is 5.92 Å². The molecule has 1 fully saturated rings. The van der Waals surface area contributed by atoms with Crippen LogP contribution in [0.2, 0.25) is 0 Å². The van der Waals surface area contributed by atoms with E-state index in [0.29, 0.717) is 0 Å². The van der Waals surface area contributed by atoms with E-state index in [0.717, 1.165) is 28.6 Å². The maximum atomic E-state index is 12.8. The highest BCUT2D eigenvalue weighted by Crippen LogP contribution is 2.30. The fraction of sp³-hybridized carbons (Fsp3) is 0.562. The monoisotopic (exact) mass is 411 g/mol. The van der Waals surface area contributed by atoms with Gasteiger partial charge in [-0.05, 0) is 44.0 Å². The van der Waals surface area contributed by atoms with Gasteiger partial charge in [0.05, 0.1) is 24.0 Å². The van der Waals surface area contributed by atoms with Crippen LogP contribution in [-0.2, 0) is 19.6 Å². The summed E-state index contributed by atoms with van der Waals surface area (Å²) in [5, 5.41) is 9.57. The number of carbonyl (C=O) groups excluding carboxylic acids is 1. The summed E-state index contributed by atoms with van der Waals surface area (Å²) in [6.45, 7) is 1.35. The normalized spacial score (nSPS) is 21.7.